The molecule has 0 unspecified atom stereocenters. The number of rotatable bonds is 4. The molecule has 5 heterocycles. The molecule has 0 radical (unpaired) electrons. The van der Waals surface area contributed by atoms with Crippen LogP contribution in [0.4, 0.5) is 0 Å². The maximum absolute atomic E-state index is 10.6. The molecule has 4 aromatic carbocycles. The van der Waals surface area contributed by atoms with Crippen molar-refractivity contribution < 1.29 is 0 Å². The second-order valence-electron chi connectivity index (χ2n) is 12.3. The molecule has 0 spiro atoms. The van der Waals surface area contributed by atoms with E-state index in [1.165, 1.54) is 0 Å². The molecule has 0 amide bonds. The maximum atomic E-state index is 10.6. The molecule has 0 aliphatic carbocycles. The van der Waals surface area contributed by atoms with Gasteiger partial charge in [0.05, 0.1) is 28.3 Å². The van der Waals surface area contributed by atoms with Crippen molar-refractivity contribution in [3.8, 4) is 50.6 Å². The number of nitriles is 1. The Hall–Kier alpha value is -7.03. The highest BCUT2D eigenvalue weighted by atomic mass is 14.8. The molecule has 0 fully saturated rings. The van der Waals surface area contributed by atoms with Crippen LogP contribution >= 0.6 is 0 Å². The van der Waals surface area contributed by atoms with E-state index in [1.807, 2.05) is 66.7 Å². The third-order valence-corrected chi connectivity index (χ3v) is 9.23. The second kappa shape index (κ2) is 12.2. The highest BCUT2D eigenvalue weighted by Crippen LogP contribution is 2.40. The average molecular weight is 640 g/mol. The zero-order valence-corrected chi connectivity index (χ0v) is 26.9. The van der Waals surface area contributed by atoms with E-state index in [0.717, 1.165) is 83.7 Å². The summed E-state index contributed by atoms with van der Waals surface area (Å²) < 4.78 is 0. The Morgan fingerprint density at radius 1 is 0.400 bits per heavy atom. The maximum Gasteiger partial charge on any atom is 0.102 e. The van der Waals surface area contributed by atoms with Crippen molar-refractivity contribution in [3.63, 3.8) is 0 Å². The highest BCUT2D eigenvalue weighted by Gasteiger charge is 2.22. The minimum Gasteiger partial charge on any atom is -0.354 e. The molecule has 9 rings (SSSR count). The summed E-state index contributed by atoms with van der Waals surface area (Å²) in [4.78, 5) is 18.1. The lowest BCUT2D eigenvalue weighted by Gasteiger charge is -2.07. The van der Waals surface area contributed by atoms with Crippen LogP contribution in [0.15, 0.2) is 146 Å². The van der Waals surface area contributed by atoms with Gasteiger partial charge in [-0.1, -0.05) is 121 Å². The van der Waals surface area contributed by atoms with Crippen molar-refractivity contribution in [3.05, 3.63) is 168 Å². The zero-order chi connectivity index (χ0) is 33.4. The third-order valence-electron chi connectivity index (χ3n) is 9.23. The molecule has 5 nitrogen and oxygen atoms in total. The van der Waals surface area contributed by atoms with E-state index >= 15 is 0 Å². The molecule has 0 saturated heterocycles. The fourth-order valence-corrected chi connectivity index (χ4v) is 7.00. The van der Waals surface area contributed by atoms with Gasteiger partial charge < -0.3 is 9.97 Å². The largest absolute Gasteiger partial charge is 0.354 e. The van der Waals surface area contributed by atoms with Crippen molar-refractivity contribution in [1.82, 2.24) is 19.9 Å². The van der Waals surface area contributed by atoms with Crippen LogP contribution in [-0.4, -0.2) is 19.9 Å². The first-order chi connectivity index (χ1) is 24.7. The monoisotopic (exact) mass is 639 g/mol. The van der Waals surface area contributed by atoms with E-state index in [0.29, 0.717) is 11.3 Å². The van der Waals surface area contributed by atoms with Gasteiger partial charge in [0.2, 0.25) is 0 Å². The Morgan fingerprint density at radius 3 is 1.16 bits per heavy atom. The van der Waals surface area contributed by atoms with Crippen molar-refractivity contribution in [2.24, 2.45) is 0 Å². The van der Waals surface area contributed by atoms with Crippen LogP contribution < -0.4 is 0 Å². The molecule has 7 aromatic rings. The molecule has 234 valence electrons. The van der Waals surface area contributed by atoms with E-state index in [2.05, 4.69) is 113 Å². The number of aromatic amines is 2. The standard InChI is InChI=1S/C45H29N5/c46-28-33-27-40-43(31-17-9-3-10-18-31)38-24-23-36(48-38)41(29-13-5-1-6-14-29)34-21-22-35(47-34)42(30-15-7-2-8-16-30)37-25-26-39(49-37)44(45(33)50-40)32-19-11-4-12-20-32/h1-27,48-49H. The van der Waals surface area contributed by atoms with Gasteiger partial charge in [0.25, 0.3) is 0 Å². The molecular weight excluding hydrogens is 611 g/mol. The summed E-state index contributed by atoms with van der Waals surface area (Å²) in [5.74, 6) is 0. The van der Waals surface area contributed by atoms with Gasteiger partial charge in [0, 0.05) is 44.3 Å². The van der Waals surface area contributed by atoms with Gasteiger partial charge in [-0.05, 0) is 64.7 Å². The number of benzene rings is 4. The molecule has 3 aromatic heterocycles. The molecule has 2 aliphatic rings. The summed E-state index contributed by atoms with van der Waals surface area (Å²) in [5.41, 5.74) is 15.0. The van der Waals surface area contributed by atoms with Crippen molar-refractivity contribution in [1.29, 1.82) is 5.26 Å². The third kappa shape index (κ3) is 5.04. The van der Waals surface area contributed by atoms with Gasteiger partial charge in [-0.3, -0.25) is 0 Å². The second-order valence-corrected chi connectivity index (χ2v) is 12.3. The molecule has 50 heavy (non-hydrogen) atoms. The topological polar surface area (TPSA) is 81.2 Å². The van der Waals surface area contributed by atoms with Crippen LogP contribution in [0.1, 0.15) is 22.8 Å². The van der Waals surface area contributed by atoms with Crippen molar-refractivity contribution >= 4 is 45.9 Å². The van der Waals surface area contributed by atoms with Crippen LogP contribution in [0.2, 0.25) is 0 Å². The predicted octanol–water partition coefficient (Wildman–Crippen LogP) is 11.2. The lowest BCUT2D eigenvalue weighted by Crippen LogP contribution is -1.90. The zero-order valence-electron chi connectivity index (χ0n) is 26.9. The fourth-order valence-electron chi connectivity index (χ4n) is 7.00. The number of H-pyrrole nitrogens is 2. The predicted molar refractivity (Wildman–Crippen MR) is 205 cm³/mol. The Kier molecular flexibility index (Phi) is 7.11. The average Bonchev–Trinajstić information content (AvgIpc) is 4.00. The number of nitrogens with zero attached hydrogens (tertiary/aromatic N) is 3. The van der Waals surface area contributed by atoms with E-state index in [-0.39, 0.29) is 0 Å². The number of hydrogen-bond acceptors (Lipinski definition) is 3. The molecule has 0 atom stereocenters. The summed E-state index contributed by atoms with van der Waals surface area (Å²) >= 11 is 0. The number of hydrogen-bond donors (Lipinski definition) is 2. The van der Waals surface area contributed by atoms with Crippen LogP contribution in [0.3, 0.4) is 0 Å². The summed E-state index contributed by atoms with van der Waals surface area (Å²) in [6.07, 6.45) is 6.12. The van der Waals surface area contributed by atoms with E-state index in [1.54, 1.807) is 0 Å². The molecule has 5 heteroatoms. The van der Waals surface area contributed by atoms with Gasteiger partial charge in [0.1, 0.15) is 6.07 Å². The summed E-state index contributed by atoms with van der Waals surface area (Å²) in [6, 6.07) is 52.0. The minimum atomic E-state index is 0.505. The van der Waals surface area contributed by atoms with Gasteiger partial charge >= 0.3 is 0 Å². The van der Waals surface area contributed by atoms with E-state index in [4.69, 9.17) is 9.97 Å². The highest BCUT2D eigenvalue weighted by molar-refractivity contribution is 6.04. The fraction of sp³-hybridized carbons (Fsp3) is 0. The van der Waals surface area contributed by atoms with Crippen LogP contribution in [0.25, 0.3) is 90.4 Å². The Balaban J connectivity index is 1.51. The van der Waals surface area contributed by atoms with Gasteiger partial charge in [-0.2, -0.15) is 5.26 Å². The first kappa shape index (κ1) is 29.1. The minimum absolute atomic E-state index is 0.505. The van der Waals surface area contributed by atoms with Gasteiger partial charge in [-0.15, -0.1) is 0 Å². The quantitative estimate of drug-likeness (QED) is 0.201. The number of nitrogens with one attached hydrogen (secondary N) is 2. The summed E-state index contributed by atoms with van der Waals surface area (Å²) in [7, 11) is 0. The van der Waals surface area contributed by atoms with Crippen molar-refractivity contribution in [2.45, 2.75) is 0 Å². The molecule has 8 bridgehead atoms. The molecular formula is C45H29N5. The lowest BCUT2D eigenvalue weighted by molar-refractivity contribution is 1.30. The van der Waals surface area contributed by atoms with Crippen LogP contribution in [0, 0.1) is 11.3 Å². The van der Waals surface area contributed by atoms with Crippen molar-refractivity contribution in [2.75, 3.05) is 0 Å². The number of allylic oxidation sites excluding steroid dienone is 1. The smallest absolute Gasteiger partial charge is 0.102 e. The summed E-state index contributed by atoms with van der Waals surface area (Å²) in [6.45, 7) is 0. The van der Waals surface area contributed by atoms with Gasteiger partial charge in [0.15, 0.2) is 0 Å². The summed E-state index contributed by atoms with van der Waals surface area (Å²) in [5, 5.41) is 10.6. The Bertz CT molecular complexity index is 2680. The molecule has 2 aliphatic heterocycles. The normalized spacial score (nSPS) is 12.0. The van der Waals surface area contributed by atoms with E-state index in [9.17, 15) is 5.26 Å². The van der Waals surface area contributed by atoms with E-state index < -0.39 is 0 Å². The lowest BCUT2D eigenvalue weighted by atomic mass is 10.00. The Labute approximate surface area is 289 Å². The molecule has 0 saturated carbocycles. The number of fused-ring (bicyclic) bond motifs is 8. The SMILES string of the molecule is N#CC1=Cc2nc1c(-c1ccccc1)c1ccc([nH]1)c(-c1ccccc1)c1nc(c(-c3ccccc3)c3ccc([nH]3)c2-c2ccccc2)C=C1. The molecule has 2 N–H and O–H groups in total. The van der Waals surface area contributed by atoms with Gasteiger partial charge in [-0.25, -0.2) is 9.97 Å². The number of aromatic nitrogens is 4. The Morgan fingerprint density at radius 2 is 0.760 bits per heavy atom. The first-order valence-electron chi connectivity index (χ1n) is 16.6. The van der Waals surface area contributed by atoms with Crippen LogP contribution in [0.5, 0.6) is 0 Å². The van der Waals surface area contributed by atoms with Crippen LogP contribution in [-0.2, 0) is 0 Å². The first-order valence-corrected chi connectivity index (χ1v) is 16.6.